The lowest BCUT2D eigenvalue weighted by atomic mass is 10.2. The molecular formula is C14H14ClN3O. The monoisotopic (exact) mass is 275 g/mol. The van der Waals surface area contributed by atoms with Crippen LogP contribution in [0.1, 0.15) is 6.92 Å². The van der Waals surface area contributed by atoms with Crippen molar-refractivity contribution in [1.29, 1.82) is 5.26 Å². The van der Waals surface area contributed by atoms with E-state index in [1.807, 2.05) is 35.0 Å². The van der Waals surface area contributed by atoms with E-state index in [4.69, 9.17) is 16.9 Å². The Morgan fingerprint density at radius 1 is 1.53 bits per heavy atom. The lowest BCUT2D eigenvalue weighted by Gasteiger charge is -2.08. The van der Waals surface area contributed by atoms with Crippen molar-refractivity contribution in [3.8, 4) is 6.07 Å². The van der Waals surface area contributed by atoms with Crippen LogP contribution in [0.5, 0.6) is 0 Å². The lowest BCUT2D eigenvalue weighted by molar-refractivity contribution is -0.121. The number of fused-ring (bicyclic) bond motifs is 1. The molecule has 98 valence electrons. The van der Waals surface area contributed by atoms with E-state index in [1.54, 1.807) is 6.92 Å². The molecule has 5 heteroatoms. The van der Waals surface area contributed by atoms with Crippen molar-refractivity contribution >= 4 is 28.4 Å². The second kappa shape index (κ2) is 5.77. The fourth-order valence-electron chi connectivity index (χ4n) is 1.82. The van der Waals surface area contributed by atoms with Crippen LogP contribution in [0.15, 0.2) is 30.5 Å². The Hall–Kier alpha value is -1.99. The van der Waals surface area contributed by atoms with Gasteiger partial charge in [0.25, 0.3) is 0 Å². The van der Waals surface area contributed by atoms with Gasteiger partial charge in [-0.3, -0.25) is 4.79 Å². The van der Waals surface area contributed by atoms with Gasteiger partial charge in [0.1, 0.15) is 6.54 Å². The Labute approximate surface area is 116 Å². The molecule has 1 heterocycles. The molecule has 1 atom stereocenters. The van der Waals surface area contributed by atoms with E-state index in [-0.39, 0.29) is 18.4 Å². The van der Waals surface area contributed by atoms with Crippen molar-refractivity contribution in [2.24, 2.45) is 5.92 Å². The molecule has 0 saturated heterocycles. The van der Waals surface area contributed by atoms with Crippen molar-refractivity contribution < 1.29 is 4.79 Å². The number of hydrogen-bond acceptors (Lipinski definition) is 2. The minimum absolute atomic E-state index is 0.112. The van der Waals surface area contributed by atoms with Crippen LogP contribution in [-0.4, -0.2) is 17.0 Å². The van der Waals surface area contributed by atoms with Crippen molar-refractivity contribution in [3.05, 3.63) is 35.5 Å². The van der Waals surface area contributed by atoms with Crippen molar-refractivity contribution in [2.75, 3.05) is 6.54 Å². The number of carbonyl (C=O) groups is 1. The second-order valence-corrected chi connectivity index (χ2v) is 4.92. The molecule has 1 amide bonds. The first-order valence-electron chi connectivity index (χ1n) is 6.01. The summed E-state index contributed by atoms with van der Waals surface area (Å²) in [6.07, 6.45) is 1.86. The van der Waals surface area contributed by atoms with Gasteiger partial charge in [0.2, 0.25) is 5.91 Å². The zero-order chi connectivity index (χ0) is 13.8. The fourth-order valence-corrected chi connectivity index (χ4v) is 1.98. The maximum absolute atomic E-state index is 11.8. The predicted molar refractivity (Wildman–Crippen MR) is 74.7 cm³/mol. The highest BCUT2D eigenvalue weighted by molar-refractivity contribution is 6.31. The third-order valence-electron chi connectivity index (χ3n) is 2.88. The lowest BCUT2D eigenvalue weighted by Crippen LogP contribution is -2.30. The zero-order valence-corrected chi connectivity index (χ0v) is 11.3. The van der Waals surface area contributed by atoms with Crippen LogP contribution in [0.4, 0.5) is 0 Å². The third kappa shape index (κ3) is 3.27. The van der Waals surface area contributed by atoms with Gasteiger partial charge in [0.15, 0.2) is 0 Å². The zero-order valence-electron chi connectivity index (χ0n) is 10.6. The number of amides is 1. The van der Waals surface area contributed by atoms with Crippen LogP contribution in [-0.2, 0) is 11.3 Å². The highest BCUT2D eigenvalue weighted by Crippen LogP contribution is 2.20. The Kier molecular flexibility index (Phi) is 4.08. The van der Waals surface area contributed by atoms with Gasteiger partial charge < -0.3 is 9.88 Å². The summed E-state index contributed by atoms with van der Waals surface area (Å²) in [4.78, 5) is 11.8. The molecule has 19 heavy (non-hydrogen) atoms. The smallest absolute Gasteiger partial charge is 0.239 e. The van der Waals surface area contributed by atoms with Crippen LogP contribution in [0.25, 0.3) is 10.9 Å². The van der Waals surface area contributed by atoms with E-state index < -0.39 is 0 Å². The predicted octanol–water partition coefficient (Wildman–Crippen LogP) is 2.57. The Bertz CT molecular complexity index is 642. The number of aromatic nitrogens is 1. The summed E-state index contributed by atoms with van der Waals surface area (Å²) in [7, 11) is 0. The van der Waals surface area contributed by atoms with E-state index in [1.165, 1.54) is 0 Å². The Balaban J connectivity index is 2.07. The summed E-state index contributed by atoms with van der Waals surface area (Å²) in [5.74, 6) is -0.292. The molecule has 2 aromatic rings. The van der Waals surface area contributed by atoms with Crippen LogP contribution in [0, 0.1) is 17.2 Å². The molecule has 0 bridgehead atoms. The highest BCUT2D eigenvalue weighted by Gasteiger charge is 2.08. The molecule has 0 spiro atoms. The summed E-state index contributed by atoms with van der Waals surface area (Å²) < 4.78 is 1.84. The van der Waals surface area contributed by atoms with Gasteiger partial charge in [0.05, 0.1) is 12.0 Å². The van der Waals surface area contributed by atoms with Gasteiger partial charge in [-0.1, -0.05) is 17.7 Å². The maximum atomic E-state index is 11.8. The molecule has 0 aliphatic rings. The first-order chi connectivity index (χ1) is 9.10. The number of rotatable bonds is 4. The SMILES string of the molecule is C[C@@H](C#N)CNC(=O)Cn1ccc2ccc(Cl)cc21. The molecule has 1 aromatic carbocycles. The molecule has 1 N–H and O–H groups in total. The summed E-state index contributed by atoms with van der Waals surface area (Å²) >= 11 is 5.96. The molecular weight excluding hydrogens is 262 g/mol. The van der Waals surface area contributed by atoms with Gasteiger partial charge >= 0.3 is 0 Å². The normalized spacial score (nSPS) is 12.1. The summed E-state index contributed by atoms with van der Waals surface area (Å²) in [6, 6.07) is 9.60. The van der Waals surface area contributed by atoms with Gasteiger partial charge in [-0.2, -0.15) is 5.26 Å². The number of nitrogens with zero attached hydrogens (tertiary/aromatic N) is 2. The summed E-state index contributed by atoms with van der Waals surface area (Å²) in [5, 5.41) is 13.1. The van der Waals surface area contributed by atoms with Crippen molar-refractivity contribution in [2.45, 2.75) is 13.5 Å². The van der Waals surface area contributed by atoms with E-state index in [0.29, 0.717) is 11.6 Å². The van der Waals surface area contributed by atoms with E-state index >= 15 is 0 Å². The van der Waals surface area contributed by atoms with E-state index in [2.05, 4.69) is 11.4 Å². The first-order valence-corrected chi connectivity index (χ1v) is 6.38. The second-order valence-electron chi connectivity index (χ2n) is 4.48. The molecule has 1 aromatic heterocycles. The van der Waals surface area contributed by atoms with E-state index in [9.17, 15) is 4.79 Å². The molecule has 0 unspecified atom stereocenters. The number of hydrogen-bond donors (Lipinski definition) is 1. The first kappa shape index (κ1) is 13.4. The average Bonchev–Trinajstić information content (AvgIpc) is 2.78. The number of nitriles is 1. The molecule has 0 fully saturated rings. The number of benzene rings is 1. The summed E-state index contributed by atoms with van der Waals surface area (Å²) in [5.41, 5.74) is 0.927. The van der Waals surface area contributed by atoms with Crippen LogP contribution in [0.3, 0.4) is 0 Å². The Morgan fingerprint density at radius 3 is 3.05 bits per heavy atom. The molecule has 0 aliphatic carbocycles. The molecule has 0 radical (unpaired) electrons. The molecule has 0 aliphatic heterocycles. The quantitative estimate of drug-likeness (QED) is 0.932. The van der Waals surface area contributed by atoms with Crippen LogP contribution in [0.2, 0.25) is 5.02 Å². The highest BCUT2D eigenvalue weighted by atomic mass is 35.5. The topological polar surface area (TPSA) is 57.8 Å². The van der Waals surface area contributed by atoms with Gasteiger partial charge in [-0.05, 0) is 30.5 Å². The fraction of sp³-hybridized carbons (Fsp3) is 0.286. The molecule has 2 rings (SSSR count). The van der Waals surface area contributed by atoms with Gasteiger partial charge in [-0.15, -0.1) is 0 Å². The summed E-state index contributed by atoms with van der Waals surface area (Å²) in [6.45, 7) is 2.36. The molecule has 4 nitrogen and oxygen atoms in total. The largest absolute Gasteiger partial charge is 0.353 e. The minimum atomic E-state index is -0.181. The molecule has 0 saturated carbocycles. The van der Waals surface area contributed by atoms with Gasteiger partial charge in [0, 0.05) is 23.3 Å². The van der Waals surface area contributed by atoms with Crippen molar-refractivity contribution in [1.82, 2.24) is 9.88 Å². The number of nitrogens with one attached hydrogen (secondary N) is 1. The maximum Gasteiger partial charge on any atom is 0.239 e. The van der Waals surface area contributed by atoms with E-state index in [0.717, 1.165) is 10.9 Å². The minimum Gasteiger partial charge on any atom is -0.353 e. The standard InChI is InChI=1S/C14H14ClN3O/c1-10(7-16)8-17-14(19)9-18-5-4-11-2-3-12(15)6-13(11)18/h2-6,10H,8-9H2,1H3,(H,17,19)/t10-/m0/s1. The average molecular weight is 276 g/mol. The van der Waals surface area contributed by atoms with Crippen LogP contribution >= 0.6 is 11.6 Å². The van der Waals surface area contributed by atoms with Crippen molar-refractivity contribution in [3.63, 3.8) is 0 Å². The van der Waals surface area contributed by atoms with Crippen LogP contribution < -0.4 is 5.32 Å². The third-order valence-corrected chi connectivity index (χ3v) is 3.11. The van der Waals surface area contributed by atoms with Gasteiger partial charge in [-0.25, -0.2) is 0 Å². The number of carbonyl (C=O) groups excluding carboxylic acids is 1. The Morgan fingerprint density at radius 2 is 2.32 bits per heavy atom. The number of halogens is 1.